The van der Waals surface area contributed by atoms with Gasteiger partial charge in [-0.15, -0.1) is 0 Å². The molecule has 208 valence electrons. The first-order chi connectivity index (χ1) is 19.9. The van der Waals surface area contributed by atoms with Gasteiger partial charge in [0.05, 0.1) is 0 Å². The highest BCUT2D eigenvalue weighted by Gasteiger charge is 2.56. The highest BCUT2D eigenvalue weighted by atomic mass is 28.5. The molecule has 0 aliphatic heterocycles. The van der Waals surface area contributed by atoms with Crippen molar-refractivity contribution >= 4 is 60.4 Å². The molecule has 0 saturated carbocycles. The molecule has 0 saturated heterocycles. The Morgan fingerprint density at radius 2 is 0.707 bits per heavy atom. The van der Waals surface area contributed by atoms with E-state index in [4.69, 9.17) is 12.3 Å². The number of rotatable bonds is 11. The third-order valence-corrected chi connectivity index (χ3v) is 22.3. The van der Waals surface area contributed by atoms with Gasteiger partial charge in [0.15, 0.2) is 9.04 Å². The SMILES string of the molecule is C[SiH](C)O[Si](C)(C)O[Si](O[Si](c1ccccc1)(c1ccccc1)c1ccccc1)(c1ccccc1)c1ccccc1. The first kappa shape index (κ1) is 29.3. The van der Waals surface area contributed by atoms with Crippen LogP contribution in [0.3, 0.4) is 0 Å². The van der Waals surface area contributed by atoms with E-state index in [9.17, 15) is 0 Å². The third-order valence-electron chi connectivity index (χ3n) is 7.05. The highest BCUT2D eigenvalue weighted by molar-refractivity contribution is 7.14. The number of hydrogen-bond acceptors (Lipinski definition) is 3. The molecule has 5 rings (SSSR count). The minimum absolute atomic E-state index is 1.08. The Morgan fingerprint density at radius 1 is 0.415 bits per heavy atom. The standard InChI is InChI=1S/C34H38O3Si4/c1-38(2)35-39(3,4)36-41(33-26-16-8-17-27-33,34-28-18-9-19-29-34)37-40(30-20-10-5-11-21-30,31-22-12-6-13-23-31)32-24-14-7-15-25-32/h5-29,38H,1-4H3. The van der Waals surface area contributed by atoms with Crippen molar-refractivity contribution in [1.29, 1.82) is 0 Å². The summed E-state index contributed by atoms with van der Waals surface area (Å²) in [6.07, 6.45) is 0. The molecule has 0 unspecified atom stereocenters. The summed E-state index contributed by atoms with van der Waals surface area (Å²) in [5.41, 5.74) is 0. The molecule has 0 aromatic heterocycles. The van der Waals surface area contributed by atoms with Gasteiger partial charge in [-0.3, -0.25) is 0 Å². The van der Waals surface area contributed by atoms with Gasteiger partial charge < -0.3 is 12.3 Å². The van der Waals surface area contributed by atoms with Gasteiger partial charge in [-0.1, -0.05) is 152 Å². The van der Waals surface area contributed by atoms with E-state index in [1.807, 2.05) is 0 Å². The molecule has 41 heavy (non-hydrogen) atoms. The lowest BCUT2D eigenvalue weighted by molar-refractivity contribution is 0.351. The summed E-state index contributed by atoms with van der Waals surface area (Å²) in [5.74, 6) is 0. The van der Waals surface area contributed by atoms with Crippen LogP contribution in [0.1, 0.15) is 0 Å². The molecule has 0 bridgehead atoms. The fraction of sp³-hybridized carbons (Fsp3) is 0.118. The molecule has 0 radical (unpaired) electrons. The normalized spacial score (nSPS) is 12.4. The van der Waals surface area contributed by atoms with E-state index in [-0.39, 0.29) is 0 Å². The third kappa shape index (κ3) is 6.36. The van der Waals surface area contributed by atoms with Crippen LogP contribution in [0.15, 0.2) is 152 Å². The summed E-state index contributed by atoms with van der Waals surface area (Å²) in [5, 5.41) is 5.72. The zero-order valence-corrected chi connectivity index (χ0v) is 28.4. The maximum atomic E-state index is 8.10. The van der Waals surface area contributed by atoms with E-state index in [0.717, 1.165) is 10.4 Å². The predicted molar refractivity (Wildman–Crippen MR) is 182 cm³/mol. The average Bonchev–Trinajstić information content (AvgIpc) is 3.01. The molecule has 0 N–H and O–H groups in total. The Labute approximate surface area is 249 Å². The lowest BCUT2D eigenvalue weighted by Crippen LogP contribution is -2.79. The first-order valence-corrected chi connectivity index (χ1v) is 23.5. The molecule has 0 fully saturated rings. The van der Waals surface area contributed by atoms with Gasteiger partial charge in [-0.05, 0) is 52.1 Å². The van der Waals surface area contributed by atoms with Crippen LogP contribution in [0.2, 0.25) is 26.2 Å². The summed E-state index contributed by atoms with van der Waals surface area (Å²) in [6, 6.07) is 53.5. The van der Waals surface area contributed by atoms with Crippen LogP contribution in [0.25, 0.3) is 0 Å². The van der Waals surface area contributed by atoms with Crippen molar-refractivity contribution in [3.05, 3.63) is 152 Å². The quantitative estimate of drug-likeness (QED) is 0.162. The lowest BCUT2D eigenvalue weighted by atomic mass is 10.3. The van der Waals surface area contributed by atoms with Gasteiger partial charge in [0.25, 0.3) is 8.32 Å². The van der Waals surface area contributed by atoms with Crippen molar-refractivity contribution in [3.63, 3.8) is 0 Å². The minimum Gasteiger partial charge on any atom is -0.440 e. The molecular formula is C34H38O3Si4. The molecule has 0 atom stereocenters. The van der Waals surface area contributed by atoms with Gasteiger partial charge in [-0.2, -0.15) is 0 Å². The van der Waals surface area contributed by atoms with Crippen molar-refractivity contribution in [2.45, 2.75) is 26.2 Å². The first-order valence-electron chi connectivity index (χ1n) is 14.2. The Balaban J connectivity index is 1.88. The van der Waals surface area contributed by atoms with Crippen LogP contribution in [0.4, 0.5) is 0 Å². The van der Waals surface area contributed by atoms with Gasteiger partial charge in [0.2, 0.25) is 0 Å². The summed E-state index contributed by atoms with van der Waals surface area (Å²) >= 11 is 0. The number of hydrogen-bond donors (Lipinski definition) is 0. The largest absolute Gasteiger partial charge is 0.440 e. The van der Waals surface area contributed by atoms with Crippen molar-refractivity contribution in [2.24, 2.45) is 0 Å². The minimum atomic E-state index is -3.41. The average molecular weight is 607 g/mol. The summed E-state index contributed by atoms with van der Waals surface area (Å²) in [4.78, 5) is 0. The van der Waals surface area contributed by atoms with E-state index in [2.05, 4.69) is 178 Å². The van der Waals surface area contributed by atoms with Crippen LogP contribution in [0.5, 0.6) is 0 Å². The lowest BCUT2D eigenvalue weighted by Gasteiger charge is -2.45. The Bertz CT molecular complexity index is 1360. The fourth-order valence-corrected chi connectivity index (χ4v) is 23.7. The number of benzene rings is 5. The molecular weight excluding hydrogens is 569 g/mol. The Morgan fingerprint density at radius 3 is 1.00 bits per heavy atom. The van der Waals surface area contributed by atoms with E-state index < -0.39 is 34.5 Å². The van der Waals surface area contributed by atoms with Crippen molar-refractivity contribution in [3.8, 4) is 0 Å². The molecule has 5 aromatic rings. The highest BCUT2D eigenvalue weighted by Crippen LogP contribution is 2.24. The maximum absolute atomic E-state index is 8.10. The second-order valence-corrected chi connectivity index (χ2v) is 23.9. The van der Waals surface area contributed by atoms with Crippen molar-refractivity contribution in [2.75, 3.05) is 0 Å². The van der Waals surface area contributed by atoms with Crippen LogP contribution in [-0.2, 0) is 12.3 Å². The Hall–Kier alpha value is -3.15. The zero-order valence-electron chi connectivity index (χ0n) is 24.2. The second kappa shape index (κ2) is 12.8. The van der Waals surface area contributed by atoms with E-state index in [1.54, 1.807) is 0 Å². The van der Waals surface area contributed by atoms with Crippen LogP contribution < -0.4 is 25.9 Å². The van der Waals surface area contributed by atoms with E-state index >= 15 is 0 Å². The van der Waals surface area contributed by atoms with Crippen molar-refractivity contribution < 1.29 is 12.3 Å². The van der Waals surface area contributed by atoms with Gasteiger partial charge in [-0.25, -0.2) is 0 Å². The molecule has 0 aliphatic rings. The molecule has 7 heteroatoms. The molecule has 0 heterocycles. The molecule has 0 amide bonds. The summed E-state index contributed by atoms with van der Waals surface area (Å²) < 4.78 is 22.3. The monoisotopic (exact) mass is 606 g/mol. The Kier molecular flexibility index (Phi) is 9.15. The fourth-order valence-electron chi connectivity index (χ4n) is 5.59. The maximum Gasteiger partial charge on any atom is 0.388 e. The summed E-state index contributed by atoms with van der Waals surface area (Å²) in [7, 11) is -10.6. The smallest absolute Gasteiger partial charge is 0.388 e. The molecule has 5 aromatic carbocycles. The predicted octanol–water partition coefficient (Wildman–Crippen LogP) is 4.65. The van der Waals surface area contributed by atoms with E-state index in [0.29, 0.717) is 0 Å². The van der Waals surface area contributed by atoms with Gasteiger partial charge >= 0.3 is 17.1 Å². The van der Waals surface area contributed by atoms with E-state index in [1.165, 1.54) is 15.6 Å². The van der Waals surface area contributed by atoms with Crippen LogP contribution in [-0.4, -0.2) is 34.5 Å². The van der Waals surface area contributed by atoms with Crippen LogP contribution >= 0.6 is 0 Å². The van der Waals surface area contributed by atoms with Crippen molar-refractivity contribution in [1.82, 2.24) is 0 Å². The van der Waals surface area contributed by atoms with Gasteiger partial charge in [0.1, 0.15) is 0 Å². The summed E-state index contributed by atoms with van der Waals surface area (Å²) in [6.45, 7) is 8.77. The molecule has 3 nitrogen and oxygen atoms in total. The molecule has 0 aliphatic carbocycles. The van der Waals surface area contributed by atoms with Gasteiger partial charge in [0, 0.05) is 0 Å². The van der Waals surface area contributed by atoms with Crippen LogP contribution in [0, 0.1) is 0 Å². The topological polar surface area (TPSA) is 27.7 Å². The second-order valence-electron chi connectivity index (χ2n) is 10.9. The molecule has 0 spiro atoms. The zero-order chi connectivity index (χ0) is 28.8.